The van der Waals surface area contributed by atoms with Crippen molar-refractivity contribution in [2.24, 2.45) is 0 Å². The summed E-state index contributed by atoms with van der Waals surface area (Å²) in [5, 5.41) is 9.32. The molecule has 0 bridgehead atoms. The number of H-pyrrole nitrogens is 1. The highest BCUT2D eigenvalue weighted by Crippen LogP contribution is 2.38. The first-order chi connectivity index (χ1) is 7.29. The SMILES string of the molecule is O=c1cc(C2CC2)nc(SCCCO)[nH]1. The van der Waals surface area contributed by atoms with Crippen LogP contribution >= 0.6 is 11.8 Å². The molecule has 1 aromatic heterocycles. The Hall–Kier alpha value is -0.810. The highest BCUT2D eigenvalue weighted by molar-refractivity contribution is 7.99. The monoisotopic (exact) mass is 226 g/mol. The van der Waals surface area contributed by atoms with Crippen LogP contribution in [0.15, 0.2) is 16.0 Å². The molecule has 1 heterocycles. The number of aliphatic hydroxyl groups is 1. The Morgan fingerprint density at radius 3 is 3.07 bits per heavy atom. The highest BCUT2D eigenvalue weighted by atomic mass is 32.2. The lowest BCUT2D eigenvalue weighted by molar-refractivity contribution is 0.296. The molecule has 1 fully saturated rings. The van der Waals surface area contributed by atoms with Crippen LogP contribution in [0.2, 0.25) is 0 Å². The Balaban J connectivity index is 2.06. The quantitative estimate of drug-likeness (QED) is 0.448. The van der Waals surface area contributed by atoms with Gasteiger partial charge in [-0.2, -0.15) is 0 Å². The van der Waals surface area contributed by atoms with Crippen molar-refractivity contribution in [1.29, 1.82) is 0 Å². The van der Waals surface area contributed by atoms with Crippen LogP contribution in [0.25, 0.3) is 0 Å². The van der Waals surface area contributed by atoms with Gasteiger partial charge in [0.25, 0.3) is 5.56 Å². The summed E-state index contributed by atoms with van der Waals surface area (Å²) in [6.45, 7) is 0.180. The van der Waals surface area contributed by atoms with Gasteiger partial charge in [0.1, 0.15) is 0 Å². The van der Waals surface area contributed by atoms with Crippen LogP contribution in [0.4, 0.5) is 0 Å². The Labute approximate surface area is 92.1 Å². The van der Waals surface area contributed by atoms with Gasteiger partial charge in [0.05, 0.1) is 5.69 Å². The van der Waals surface area contributed by atoms with Crippen LogP contribution in [-0.2, 0) is 0 Å². The number of thioether (sulfide) groups is 1. The topological polar surface area (TPSA) is 66.0 Å². The zero-order chi connectivity index (χ0) is 10.7. The van der Waals surface area contributed by atoms with Gasteiger partial charge in [-0.15, -0.1) is 0 Å². The van der Waals surface area contributed by atoms with Crippen molar-refractivity contribution < 1.29 is 5.11 Å². The number of nitrogens with one attached hydrogen (secondary N) is 1. The van der Waals surface area contributed by atoms with E-state index in [4.69, 9.17) is 5.11 Å². The smallest absolute Gasteiger partial charge is 0.251 e. The third-order valence-corrected chi connectivity index (χ3v) is 3.24. The molecule has 4 nitrogen and oxygen atoms in total. The summed E-state index contributed by atoms with van der Waals surface area (Å²) in [6.07, 6.45) is 3.02. The second-order valence-corrected chi connectivity index (χ2v) is 4.76. The molecule has 1 aromatic rings. The number of rotatable bonds is 5. The van der Waals surface area contributed by atoms with Gasteiger partial charge in [-0.05, 0) is 19.3 Å². The lowest BCUT2D eigenvalue weighted by atomic mass is 10.3. The molecule has 0 spiro atoms. The molecule has 1 aliphatic carbocycles. The fourth-order valence-corrected chi connectivity index (χ4v) is 2.15. The summed E-state index contributed by atoms with van der Waals surface area (Å²) < 4.78 is 0. The minimum Gasteiger partial charge on any atom is -0.396 e. The molecule has 0 unspecified atom stereocenters. The van der Waals surface area contributed by atoms with Gasteiger partial charge in [0.15, 0.2) is 5.16 Å². The zero-order valence-corrected chi connectivity index (χ0v) is 9.22. The fourth-order valence-electron chi connectivity index (χ4n) is 1.34. The average molecular weight is 226 g/mol. The molecule has 15 heavy (non-hydrogen) atoms. The van der Waals surface area contributed by atoms with E-state index in [0.29, 0.717) is 11.1 Å². The normalized spacial score (nSPS) is 15.5. The van der Waals surface area contributed by atoms with Crippen molar-refractivity contribution in [2.75, 3.05) is 12.4 Å². The van der Waals surface area contributed by atoms with Crippen molar-refractivity contribution in [1.82, 2.24) is 9.97 Å². The molecule has 1 saturated carbocycles. The number of nitrogens with zero attached hydrogens (tertiary/aromatic N) is 1. The van der Waals surface area contributed by atoms with E-state index in [2.05, 4.69) is 9.97 Å². The maximum Gasteiger partial charge on any atom is 0.251 e. The molecule has 0 atom stereocenters. The number of hydrogen-bond donors (Lipinski definition) is 2. The Morgan fingerprint density at radius 2 is 2.40 bits per heavy atom. The molecule has 0 aliphatic heterocycles. The Bertz CT molecular complexity index is 387. The van der Waals surface area contributed by atoms with Crippen molar-refractivity contribution in [3.8, 4) is 0 Å². The van der Waals surface area contributed by atoms with Crippen molar-refractivity contribution >= 4 is 11.8 Å². The average Bonchev–Trinajstić information content (AvgIpc) is 3.00. The second-order valence-electron chi connectivity index (χ2n) is 3.68. The standard InChI is InChI=1S/C10H14N2O2S/c13-4-1-5-15-10-11-8(7-2-3-7)6-9(14)12-10/h6-7,13H,1-5H2,(H,11,12,14). The lowest BCUT2D eigenvalue weighted by Gasteiger charge is -2.01. The summed E-state index contributed by atoms with van der Waals surface area (Å²) in [5.74, 6) is 1.29. The molecule has 0 radical (unpaired) electrons. The summed E-state index contributed by atoms with van der Waals surface area (Å²) in [6, 6.07) is 1.59. The van der Waals surface area contributed by atoms with E-state index < -0.39 is 0 Å². The molecule has 0 saturated heterocycles. The summed E-state index contributed by atoms with van der Waals surface area (Å²) in [4.78, 5) is 18.4. The van der Waals surface area contributed by atoms with E-state index in [1.54, 1.807) is 6.07 Å². The highest BCUT2D eigenvalue weighted by Gasteiger charge is 2.25. The van der Waals surface area contributed by atoms with E-state index in [9.17, 15) is 4.79 Å². The van der Waals surface area contributed by atoms with Crippen molar-refractivity contribution in [3.05, 3.63) is 22.1 Å². The van der Waals surface area contributed by atoms with Crippen LogP contribution in [-0.4, -0.2) is 27.4 Å². The van der Waals surface area contributed by atoms with Crippen LogP contribution in [0.3, 0.4) is 0 Å². The minimum absolute atomic E-state index is 0.0709. The summed E-state index contributed by atoms with van der Waals surface area (Å²) in [5.41, 5.74) is 0.851. The first-order valence-corrected chi connectivity index (χ1v) is 6.13. The van der Waals surface area contributed by atoms with Gasteiger partial charge < -0.3 is 10.1 Å². The first-order valence-electron chi connectivity index (χ1n) is 5.14. The zero-order valence-electron chi connectivity index (χ0n) is 8.40. The maximum absolute atomic E-state index is 11.3. The molecular weight excluding hydrogens is 212 g/mol. The number of aromatic amines is 1. The molecule has 2 N–H and O–H groups in total. The van der Waals surface area contributed by atoms with E-state index in [-0.39, 0.29) is 12.2 Å². The predicted octanol–water partition coefficient (Wildman–Crippen LogP) is 1.12. The molecule has 0 aromatic carbocycles. The third-order valence-electron chi connectivity index (χ3n) is 2.28. The van der Waals surface area contributed by atoms with Gasteiger partial charge in [-0.1, -0.05) is 11.8 Å². The van der Waals surface area contributed by atoms with Gasteiger partial charge in [0, 0.05) is 24.3 Å². The van der Waals surface area contributed by atoms with Crippen molar-refractivity contribution in [3.63, 3.8) is 0 Å². The van der Waals surface area contributed by atoms with Gasteiger partial charge in [-0.25, -0.2) is 4.98 Å². The third kappa shape index (κ3) is 3.07. The van der Waals surface area contributed by atoms with E-state index in [1.165, 1.54) is 11.8 Å². The summed E-state index contributed by atoms with van der Waals surface area (Å²) >= 11 is 1.49. The maximum atomic E-state index is 11.3. The number of hydrogen-bond acceptors (Lipinski definition) is 4. The van der Waals surface area contributed by atoms with Crippen LogP contribution in [0.1, 0.15) is 30.9 Å². The lowest BCUT2D eigenvalue weighted by Crippen LogP contribution is -2.09. The van der Waals surface area contributed by atoms with Crippen LogP contribution in [0, 0.1) is 0 Å². The van der Waals surface area contributed by atoms with Gasteiger partial charge in [-0.3, -0.25) is 4.79 Å². The molecule has 5 heteroatoms. The molecule has 2 rings (SSSR count). The van der Waals surface area contributed by atoms with Gasteiger partial charge in [0.2, 0.25) is 0 Å². The molecular formula is C10H14N2O2S. The Morgan fingerprint density at radius 1 is 1.60 bits per heavy atom. The molecule has 82 valence electrons. The minimum atomic E-state index is -0.0709. The van der Waals surface area contributed by atoms with Gasteiger partial charge >= 0.3 is 0 Å². The van der Waals surface area contributed by atoms with E-state index in [0.717, 1.165) is 30.7 Å². The molecule has 0 amide bonds. The van der Waals surface area contributed by atoms with Crippen molar-refractivity contribution in [2.45, 2.75) is 30.3 Å². The largest absolute Gasteiger partial charge is 0.396 e. The Kier molecular flexibility index (Phi) is 3.43. The fraction of sp³-hybridized carbons (Fsp3) is 0.600. The predicted molar refractivity (Wildman–Crippen MR) is 59.3 cm³/mol. The number of aromatic nitrogens is 2. The number of aliphatic hydroxyl groups excluding tert-OH is 1. The molecule has 1 aliphatic rings. The van der Waals surface area contributed by atoms with Crippen LogP contribution < -0.4 is 5.56 Å². The first kappa shape index (κ1) is 10.7. The van der Waals surface area contributed by atoms with E-state index >= 15 is 0 Å². The van der Waals surface area contributed by atoms with Crippen LogP contribution in [0.5, 0.6) is 0 Å². The summed E-state index contributed by atoms with van der Waals surface area (Å²) in [7, 11) is 0. The van der Waals surface area contributed by atoms with E-state index in [1.807, 2.05) is 0 Å². The second kappa shape index (κ2) is 4.81.